The first-order valence-corrected chi connectivity index (χ1v) is 9.60. The van der Waals surface area contributed by atoms with Gasteiger partial charge in [0.25, 0.3) is 5.91 Å². The number of nitrogens with two attached hydrogens (primary N) is 1. The molecule has 7 nitrogen and oxygen atoms in total. The maximum Gasteiger partial charge on any atom is 0.264 e. The molecule has 1 heterocycles. The zero-order chi connectivity index (χ0) is 18.0. The summed E-state index contributed by atoms with van der Waals surface area (Å²) in [4.78, 5) is 16.2. The summed E-state index contributed by atoms with van der Waals surface area (Å²) in [6.07, 6.45) is 0. The SMILES string of the molecule is Cc1cccc(OCC(=O)Nc2nc3ccc(S(N)(=O)=O)cc3s2)c1. The van der Waals surface area contributed by atoms with E-state index in [2.05, 4.69) is 10.3 Å². The van der Waals surface area contributed by atoms with Crippen LogP contribution in [0.25, 0.3) is 10.2 Å². The van der Waals surface area contributed by atoms with E-state index in [0.29, 0.717) is 21.1 Å². The van der Waals surface area contributed by atoms with Crippen molar-refractivity contribution in [2.75, 3.05) is 11.9 Å². The van der Waals surface area contributed by atoms with Crippen molar-refractivity contribution in [3.05, 3.63) is 48.0 Å². The number of carbonyl (C=O) groups excluding carboxylic acids is 1. The van der Waals surface area contributed by atoms with E-state index < -0.39 is 10.0 Å². The van der Waals surface area contributed by atoms with Gasteiger partial charge < -0.3 is 4.74 Å². The number of ether oxygens (including phenoxy) is 1. The number of anilines is 1. The lowest BCUT2D eigenvalue weighted by molar-refractivity contribution is -0.118. The van der Waals surface area contributed by atoms with E-state index in [1.54, 1.807) is 12.1 Å². The normalized spacial score (nSPS) is 11.4. The number of sulfonamides is 1. The fourth-order valence-corrected chi connectivity index (χ4v) is 3.68. The van der Waals surface area contributed by atoms with Crippen LogP contribution in [0.3, 0.4) is 0 Å². The van der Waals surface area contributed by atoms with E-state index in [1.807, 2.05) is 25.1 Å². The number of nitrogens with zero attached hydrogens (tertiary/aromatic N) is 1. The quantitative estimate of drug-likeness (QED) is 0.708. The van der Waals surface area contributed by atoms with Gasteiger partial charge in [0.2, 0.25) is 10.0 Å². The Morgan fingerprint density at radius 2 is 2.08 bits per heavy atom. The molecule has 3 aromatic rings. The van der Waals surface area contributed by atoms with Crippen molar-refractivity contribution in [3.63, 3.8) is 0 Å². The molecule has 9 heteroatoms. The number of carbonyl (C=O) groups is 1. The minimum absolute atomic E-state index is 0.00399. The van der Waals surface area contributed by atoms with E-state index >= 15 is 0 Å². The van der Waals surface area contributed by atoms with Crippen molar-refractivity contribution in [1.29, 1.82) is 0 Å². The van der Waals surface area contributed by atoms with Crippen LogP contribution in [0.1, 0.15) is 5.56 Å². The number of thiazole rings is 1. The molecule has 0 aliphatic heterocycles. The number of benzene rings is 2. The summed E-state index contributed by atoms with van der Waals surface area (Å²) in [5, 5.41) is 8.11. The lowest BCUT2D eigenvalue weighted by Crippen LogP contribution is -2.20. The van der Waals surface area contributed by atoms with E-state index in [0.717, 1.165) is 16.9 Å². The van der Waals surface area contributed by atoms with Crippen LogP contribution < -0.4 is 15.2 Å². The lowest BCUT2D eigenvalue weighted by atomic mass is 10.2. The number of fused-ring (bicyclic) bond motifs is 1. The number of nitrogens with one attached hydrogen (secondary N) is 1. The van der Waals surface area contributed by atoms with Gasteiger partial charge in [-0.2, -0.15) is 0 Å². The van der Waals surface area contributed by atoms with Crippen LogP contribution >= 0.6 is 11.3 Å². The van der Waals surface area contributed by atoms with Crippen LogP contribution in [0.2, 0.25) is 0 Å². The number of rotatable bonds is 5. The van der Waals surface area contributed by atoms with Gasteiger partial charge >= 0.3 is 0 Å². The van der Waals surface area contributed by atoms with Gasteiger partial charge in [0, 0.05) is 0 Å². The van der Waals surface area contributed by atoms with E-state index in [-0.39, 0.29) is 17.4 Å². The smallest absolute Gasteiger partial charge is 0.264 e. The third-order valence-corrected chi connectivity index (χ3v) is 5.14. The van der Waals surface area contributed by atoms with Crippen molar-refractivity contribution in [3.8, 4) is 5.75 Å². The Labute approximate surface area is 148 Å². The Bertz CT molecular complexity index is 1040. The maximum absolute atomic E-state index is 12.0. The van der Waals surface area contributed by atoms with Crippen LogP contribution in [0, 0.1) is 6.92 Å². The van der Waals surface area contributed by atoms with E-state index in [9.17, 15) is 13.2 Å². The fraction of sp³-hybridized carbons (Fsp3) is 0.125. The molecule has 0 atom stereocenters. The second-order valence-corrected chi connectivity index (χ2v) is 7.94. The fourth-order valence-electron chi connectivity index (χ4n) is 2.14. The summed E-state index contributed by atoms with van der Waals surface area (Å²) in [5.74, 6) is 0.254. The number of hydrogen-bond donors (Lipinski definition) is 2. The van der Waals surface area contributed by atoms with Gasteiger partial charge in [-0.1, -0.05) is 23.5 Å². The van der Waals surface area contributed by atoms with Crippen molar-refractivity contribution in [2.45, 2.75) is 11.8 Å². The zero-order valence-corrected chi connectivity index (χ0v) is 14.9. The topological polar surface area (TPSA) is 111 Å². The highest BCUT2D eigenvalue weighted by atomic mass is 32.2. The van der Waals surface area contributed by atoms with Crippen LogP contribution in [-0.4, -0.2) is 25.9 Å². The summed E-state index contributed by atoms with van der Waals surface area (Å²) < 4.78 is 28.8. The Morgan fingerprint density at radius 1 is 1.28 bits per heavy atom. The van der Waals surface area contributed by atoms with Crippen LogP contribution in [0.4, 0.5) is 5.13 Å². The Balaban J connectivity index is 1.69. The summed E-state index contributed by atoms with van der Waals surface area (Å²) in [6, 6.07) is 11.7. The van der Waals surface area contributed by atoms with Gasteiger partial charge in [0.05, 0.1) is 15.1 Å². The van der Waals surface area contributed by atoms with Gasteiger partial charge in [-0.3, -0.25) is 10.1 Å². The molecule has 1 amide bonds. The van der Waals surface area contributed by atoms with E-state index in [1.165, 1.54) is 12.1 Å². The molecule has 0 saturated heterocycles. The second-order valence-electron chi connectivity index (χ2n) is 5.35. The first-order valence-electron chi connectivity index (χ1n) is 7.24. The molecule has 0 unspecified atom stereocenters. The molecule has 0 spiro atoms. The summed E-state index contributed by atoms with van der Waals surface area (Å²) >= 11 is 1.16. The molecular weight excluding hydrogens is 362 g/mol. The first kappa shape index (κ1) is 17.3. The average molecular weight is 377 g/mol. The highest BCUT2D eigenvalue weighted by Crippen LogP contribution is 2.27. The molecule has 1 aromatic heterocycles. The average Bonchev–Trinajstić information content (AvgIpc) is 2.93. The summed E-state index contributed by atoms with van der Waals surface area (Å²) in [7, 11) is -3.78. The van der Waals surface area contributed by atoms with Crippen LogP contribution in [0.5, 0.6) is 5.75 Å². The molecule has 0 saturated carbocycles. The number of aromatic nitrogens is 1. The first-order chi connectivity index (χ1) is 11.8. The maximum atomic E-state index is 12.0. The molecule has 0 radical (unpaired) electrons. The Kier molecular flexibility index (Phi) is 4.71. The third kappa shape index (κ3) is 4.32. The molecule has 25 heavy (non-hydrogen) atoms. The molecule has 0 fully saturated rings. The minimum Gasteiger partial charge on any atom is -0.484 e. The standard InChI is InChI=1S/C16H15N3O4S2/c1-10-3-2-4-11(7-10)23-9-15(20)19-16-18-13-6-5-12(25(17,21)22)8-14(13)24-16/h2-8H,9H2,1H3,(H2,17,21,22)(H,18,19,20). The summed E-state index contributed by atoms with van der Waals surface area (Å²) in [6.45, 7) is 1.78. The van der Waals surface area contributed by atoms with Crippen molar-refractivity contribution in [1.82, 2.24) is 4.98 Å². The lowest BCUT2D eigenvalue weighted by Gasteiger charge is -2.06. The van der Waals surface area contributed by atoms with Gasteiger partial charge in [0.1, 0.15) is 5.75 Å². The van der Waals surface area contributed by atoms with Gasteiger partial charge in [-0.15, -0.1) is 0 Å². The van der Waals surface area contributed by atoms with Crippen molar-refractivity contribution < 1.29 is 17.9 Å². The van der Waals surface area contributed by atoms with Gasteiger partial charge in [0.15, 0.2) is 11.7 Å². The largest absolute Gasteiger partial charge is 0.484 e. The van der Waals surface area contributed by atoms with E-state index in [4.69, 9.17) is 9.88 Å². The molecule has 0 aliphatic carbocycles. The molecule has 0 aliphatic rings. The Morgan fingerprint density at radius 3 is 2.80 bits per heavy atom. The monoisotopic (exact) mass is 377 g/mol. The van der Waals surface area contributed by atoms with Crippen molar-refractivity contribution >= 4 is 42.6 Å². The highest BCUT2D eigenvalue weighted by molar-refractivity contribution is 7.89. The Hall–Kier alpha value is -2.49. The predicted molar refractivity (Wildman–Crippen MR) is 96.3 cm³/mol. The zero-order valence-electron chi connectivity index (χ0n) is 13.2. The number of hydrogen-bond acceptors (Lipinski definition) is 6. The number of amides is 1. The molecule has 3 N–H and O–H groups in total. The molecule has 0 bridgehead atoms. The van der Waals surface area contributed by atoms with Gasteiger partial charge in [-0.05, 0) is 42.8 Å². The predicted octanol–water partition coefficient (Wildman–Crippen LogP) is 2.27. The second kappa shape index (κ2) is 6.79. The molecule has 3 rings (SSSR count). The minimum atomic E-state index is -3.78. The van der Waals surface area contributed by atoms with Gasteiger partial charge in [-0.25, -0.2) is 18.5 Å². The van der Waals surface area contributed by atoms with Crippen LogP contribution in [-0.2, 0) is 14.8 Å². The number of primary sulfonamides is 1. The molecular formula is C16H15N3O4S2. The molecule has 130 valence electrons. The highest BCUT2D eigenvalue weighted by Gasteiger charge is 2.12. The van der Waals surface area contributed by atoms with Crippen LogP contribution in [0.15, 0.2) is 47.4 Å². The third-order valence-electron chi connectivity index (χ3n) is 3.29. The molecule has 2 aromatic carbocycles. The van der Waals surface area contributed by atoms with Crippen molar-refractivity contribution in [2.24, 2.45) is 5.14 Å². The summed E-state index contributed by atoms with van der Waals surface area (Å²) in [5.41, 5.74) is 1.61. The number of aryl methyl sites for hydroxylation is 1.